The fourth-order valence-corrected chi connectivity index (χ4v) is 2.54. The Labute approximate surface area is 86.9 Å². The monoisotopic (exact) mass is 191 g/mol. The first-order valence-electron chi connectivity index (χ1n) is 6.10. The normalized spacial score (nSPS) is 21.1. The molecule has 0 radical (unpaired) electrons. The van der Waals surface area contributed by atoms with E-state index in [1.807, 2.05) is 0 Å². The Hall–Kier alpha value is -0.720. The summed E-state index contributed by atoms with van der Waals surface area (Å²) in [4.78, 5) is 3.38. The van der Waals surface area contributed by atoms with Crippen molar-refractivity contribution in [2.75, 3.05) is 0 Å². The smallest absolute Gasteiger partial charge is 0.0178 e. The van der Waals surface area contributed by atoms with Gasteiger partial charge in [-0.05, 0) is 30.9 Å². The van der Waals surface area contributed by atoms with Gasteiger partial charge in [-0.15, -0.1) is 0 Å². The first-order chi connectivity index (χ1) is 6.97. The third-order valence-electron chi connectivity index (χ3n) is 3.42. The van der Waals surface area contributed by atoms with Crippen molar-refractivity contribution in [1.29, 1.82) is 0 Å². The predicted molar refractivity (Wildman–Crippen MR) is 60.5 cm³/mol. The molecule has 0 atom stereocenters. The van der Waals surface area contributed by atoms with E-state index in [1.54, 1.807) is 0 Å². The molecule has 1 saturated carbocycles. The van der Waals surface area contributed by atoms with Crippen LogP contribution in [0.2, 0.25) is 0 Å². The summed E-state index contributed by atoms with van der Waals surface area (Å²) in [6.07, 6.45) is 13.5. The number of hydrogen-bond donors (Lipinski definition) is 1. The Morgan fingerprint density at radius 2 is 1.57 bits per heavy atom. The zero-order chi connectivity index (χ0) is 9.64. The summed E-state index contributed by atoms with van der Waals surface area (Å²) in [7, 11) is 0. The van der Waals surface area contributed by atoms with E-state index in [0.29, 0.717) is 0 Å². The van der Waals surface area contributed by atoms with E-state index >= 15 is 0 Å². The molecule has 1 aromatic rings. The molecule has 2 rings (SSSR count). The summed E-state index contributed by atoms with van der Waals surface area (Å²) in [5, 5.41) is 0. The van der Waals surface area contributed by atoms with Crippen molar-refractivity contribution in [3.8, 4) is 0 Å². The highest BCUT2D eigenvalue weighted by Gasteiger charge is 2.12. The Morgan fingerprint density at radius 1 is 0.929 bits per heavy atom. The molecule has 1 fully saturated rings. The van der Waals surface area contributed by atoms with Crippen LogP contribution < -0.4 is 0 Å². The van der Waals surface area contributed by atoms with E-state index < -0.39 is 0 Å². The summed E-state index contributed by atoms with van der Waals surface area (Å²) < 4.78 is 0. The molecule has 1 aliphatic carbocycles. The van der Waals surface area contributed by atoms with E-state index in [1.165, 1.54) is 57.1 Å². The number of aromatic amines is 1. The molecule has 0 aromatic carbocycles. The highest BCUT2D eigenvalue weighted by molar-refractivity contribution is 5.09. The van der Waals surface area contributed by atoms with Gasteiger partial charge in [0.1, 0.15) is 0 Å². The van der Waals surface area contributed by atoms with Crippen LogP contribution in [0.25, 0.3) is 0 Å². The topological polar surface area (TPSA) is 15.8 Å². The number of rotatable bonds is 1. The molecule has 0 amide bonds. The highest BCUT2D eigenvalue weighted by Crippen LogP contribution is 2.29. The van der Waals surface area contributed by atoms with Gasteiger partial charge in [-0.3, -0.25) is 0 Å². The van der Waals surface area contributed by atoms with Crippen LogP contribution in [0.4, 0.5) is 0 Å². The lowest BCUT2D eigenvalue weighted by molar-refractivity contribution is 0.530. The van der Waals surface area contributed by atoms with Gasteiger partial charge < -0.3 is 4.98 Å². The zero-order valence-electron chi connectivity index (χ0n) is 8.97. The molecule has 1 nitrogen and oxygen atoms in total. The Bertz CT molecular complexity index is 228. The summed E-state index contributed by atoms with van der Waals surface area (Å²) >= 11 is 0. The second-order valence-electron chi connectivity index (χ2n) is 4.52. The van der Waals surface area contributed by atoms with Gasteiger partial charge in [-0.2, -0.15) is 0 Å². The van der Waals surface area contributed by atoms with Crippen molar-refractivity contribution in [2.24, 2.45) is 0 Å². The molecule has 0 aliphatic heterocycles. The van der Waals surface area contributed by atoms with Crippen molar-refractivity contribution in [3.05, 3.63) is 24.0 Å². The Balaban J connectivity index is 1.94. The quantitative estimate of drug-likeness (QED) is 0.683. The lowest BCUT2D eigenvalue weighted by Gasteiger charge is -2.13. The van der Waals surface area contributed by atoms with Crippen LogP contribution in [0.5, 0.6) is 0 Å². The third kappa shape index (κ3) is 2.63. The average Bonchev–Trinajstić information content (AvgIpc) is 2.75. The van der Waals surface area contributed by atoms with Gasteiger partial charge >= 0.3 is 0 Å². The molecule has 0 saturated heterocycles. The van der Waals surface area contributed by atoms with Crippen LogP contribution in [-0.2, 0) is 0 Å². The average molecular weight is 191 g/mol. The van der Waals surface area contributed by atoms with Crippen LogP contribution in [0.15, 0.2) is 18.3 Å². The number of aromatic nitrogens is 1. The van der Waals surface area contributed by atoms with Crippen molar-refractivity contribution >= 4 is 0 Å². The second kappa shape index (κ2) is 5.23. The van der Waals surface area contributed by atoms with Crippen LogP contribution in [0.3, 0.4) is 0 Å². The van der Waals surface area contributed by atoms with Gasteiger partial charge in [0.15, 0.2) is 0 Å². The SMILES string of the molecule is c1c[nH]c(C2CCCCCCCC2)c1. The third-order valence-corrected chi connectivity index (χ3v) is 3.42. The highest BCUT2D eigenvalue weighted by atomic mass is 14.7. The first-order valence-corrected chi connectivity index (χ1v) is 6.10. The minimum absolute atomic E-state index is 0.808. The summed E-state index contributed by atoms with van der Waals surface area (Å²) in [6.45, 7) is 0. The molecule has 14 heavy (non-hydrogen) atoms. The van der Waals surface area contributed by atoms with E-state index in [9.17, 15) is 0 Å². The molecular formula is C13H21N. The van der Waals surface area contributed by atoms with Gasteiger partial charge in [-0.1, -0.05) is 38.5 Å². The molecule has 0 bridgehead atoms. The summed E-state index contributed by atoms with van der Waals surface area (Å²) in [6, 6.07) is 4.38. The van der Waals surface area contributed by atoms with Gasteiger partial charge in [0.25, 0.3) is 0 Å². The molecule has 78 valence electrons. The van der Waals surface area contributed by atoms with E-state index in [0.717, 1.165) is 5.92 Å². The molecule has 0 spiro atoms. The van der Waals surface area contributed by atoms with Crippen molar-refractivity contribution in [3.63, 3.8) is 0 Å². The maximum Gasteiger partial charge on any atom is 0.0178 e. The molecule has 1 N–H and O–H groups in total. The Morgan fingerprint density at radius 3 is 2.14 bits per heavy atom. The first kappa shape index (κ1) is 9.82. The van der Waals surface area contributed by atoms with Gasteiger partial charge in [0.05, 0.1) is 0 Å². The molecule has 0 unspecified atom stereocenters. The summed E-state index contributed by atoms with van der Waals surface area (Å²) in [5.74, 6) is 0.808. The van der Waals surface area contributed by atoms with Crippen LogP contribution in [0.1, 0.15) is 63.0 Å². The molecule has 1 heteroatoms. The predicted octanol–water partition coefficient (Wildman–Crippen LogP) is 4.23. The number of hydrogen-bond acceptors (Lipinski definition) is 0. The van der Waals surface area contributed by atoms with Crippen LogP contribution >= 0.6 is 0 Å². The van der Waals surface area contributed by atoms with Gasteiger partial charge in [-0.25, -0.2) is 0 Å². The molecular weight excluding hydrogens is 170 g/mol. The minimum Gasteiger partial charge on any atom is -0.365 e. The zero-order valence-corrected chi connectivity index (χ0v) is 8.97. The van der Waals surface area contributed by atoms with Crippen molar-refractivity contribution in [2.45, 2.75) is 57.3 Å². The maximum absolute atomic E-state index is 3.38. The minimum atomic E-state index is 0.808. The fourth-order valence-electron chi connectivity index (χ4n) is 2.54. The number of nitrogens with one attached hydrogen (secondary N) is 1. The lowest BCUT2D eigenvalue weighted by atomic mass is 9.94. The standard InChI is InChI=1S/C13H21N/c1-2-4-6-9-12(8-5-3-1)13-10-7-11-14-13/h7,10-12,14H,1-6,8-9H2. The fraction of sp³-hybridized carbons (Fsp3) is 0.692. The van der Waals surface area contributed by atoms with Crippen molar-refractivity contribution < 1.29 is 0 Å². The number of H-pyrrole nitrogens is 1. The van der Waals surface area contributed by atoms with Gasteiger partial charge in [0.2, 0.25) is 0 Å². The maximum atomic E-state index is 3.38. The van der Waals surface area contributed by atoms with Gasteiger partial charge in [0, 0.05) is 11.9 Å². The van der Waals surface area contributed by atoms with Crippen molar-refractivity contribution in [1.82, 2.24) is 4.98 Å². The molecule has 1 aromatic heterocycles. The lowest BCUT2D eigenvalue weighted by Crippen LogP contribution is -1.98. The summed E-state index contributed by atoms with van der Waals surface area (Å²) in [5.41, 5.74) is 1.46. The Kier molecular flexibility index (Phi) is 3.67. The van der Waals surface area contributed by atoms with Crippen LogP contribution in [-0.4, -0.2) is 4.98 Å². The molecule has 1 aliphatic rings. The largest absolute Gasteiger partial charge is 0.365 e. The van der Waals surface area contributed by atoms with E-state index in [2.05, 4.69) is 23.3 Å². The van der Waals surface area contributed by atoms with E-state index in [4.69, 9.17) is 0 Å². The molecule has 1 heterocycles. The van der Waals surface area contributed by atoms with Crippen LogP contribution in [0, 0.1) is 0 Å². The second-order valence-corrected chi connectivity index (χ2v) is 4.52. The van der Waals surface area contributed by atoms with E-state index in [-0.39, 0.29) is 0 Å².